The number of carbonyl (C=O) groups excluding carboxylic acids is 1. The van der Waals surface area contributed by atoms with Gasteiger partial charge in [-0.15, -0.1) is 0 Å². The summed E-state index contributed by atoms with van der Waals surface area (Å²) < 4.78 is 0. The molecule has 140 valence electrons. The normalized spacial score (nSPS) is 20.6. The van der Waals surface area contributed by atoms with Crippen LogP contribution >= 0.6 is 0 Å². The lowest BCUT2D eigenvalue weighted by atomic mass is 10.0. The molecule has 0 radical (unpaired) electrons. The fraction of sp³-hybridized carbons (Fsp3) is 0.312. The molecule has 1 aliphatic rings. The van der Waals surface area contributed by atoms with Crippen molar-refractivity contribution in [3.05, 3.63) is 41.6 Å². The maximum Gasteiger partial charge on any atom is 0.276 e. The van der Waals surface area contributed by atoms with Crippen LogP contribution in [0.2, 0.25) is 0 Å². The molecule has 1 aliphatic heterocycles. The van der Waals surface area contributed by atoms with E-state index in [4.69, 9.17) is 5.11 Å². The van der Waals surface area contributed by atoms with Crippen LogP contribution in [-0.2, 0) is 4.79 Å². The molecular formula is C16H20N4O6. The van der Waals surface area contributed by atoms with Gasteiger partial charge in [0, 0.05) is 0 Å². The molecule has 26 heavy (non-hydrogen) atoms. The van der Waals surface area contributed by atoms with E-state index in [2.05, 4.69) is 20.8 Å². The van der Waals surface area contributed by atoms with Crippen molar-refractivity contribution in [1.29, 1.82) is 0 Å². The number of guanidine groups is 1. The lowest BCUT2D eigenvalue weighted by Crippen LogP contribution is -2.46. The highest BCUT2D eigenvalue weighted by atomic mass is 16.4. The molecule has 7 N–H and O–H groups in total. The van der Waals surface area contributed by atoms with Crippen LogP contribution in [-0.4, -0.2) is 74.6 Å². The molecule has 1 aromatic carbocycles. The molecular weight excluding hydrogens is 344 g/mol. The highest BCUT2D eigenvalue weighted by Gasteiger charge is 2.29. The van der Waals surface area contributed by atoms with Crippen molar-refractivity contribution in [2.45, 2.75) is 24.4 Å². The van der Waals surface area contributed by atoms with Gasteiger partial charge in [0.25, 0.3) is 5.91 Å². The van der Waals surface area contributed by atoms with Crippen molar-refractivity contribution >= 4 is 24.2 Å². The first-order chi connectivity index (χ1) is 12.4. The van der Waals surface area contributed by atoms with Crippen LogP contribution in [0.4, 0.5) is 0 Å². The highest BCUT2D eigenvalue weighted by molar-refractivity contribution is 6.13. The quantitative estimate of drug-likeness (QED) is 0.160. The third kappa shape index (κ3) is 5.18. The van der Waals surface area contributed by atoms with Crippen molar-refractivity contribution in [3.63, 3.8) is 0 Å². The van der Waals surface area contributed by atoms with Gasteiger partial charge < -0.3 is 25.5 Å². The number of benzene rings is 1. The molecule has 0 aliphatic carbocycles. The van der Waals surface area contributed by atoms with E-state index in [-0.39, 0.29) is 11.7 Å². The minimum atomic E-state index is -1.77. The van der Waals surface area contributed by atoms with Gasteiger partial charge in [0.15, 0.2) is 0 Å². The van der Waals surface area contributed by atoms with Gasteiger partial charge in [-0.2, -0.15) is 5.10 Å². The molecule has 1 aromatic rings. The van der Waals surface area contributed by atoms with Gasteiger partial charge in [-0.05, 0) is 11.6 Å². The minimum absolute atomic E-state index is 0.0195. The minimum Gasteiger partial charge on any atom is -0.394 e. The summed E-state index contributed by atoms with van der Waals surface area (Å²) in [5.74, 6) is -0.417. The SMILES string of the molecule is O=C1NC(N/N=C/[C@H](O)[C@@H](O)[C@H](O)[C@H](O)CO)=N/C1=C\c1ccccc1. The molecule has 0 saturated heterocycles. The van der Waals surface area contributed by atoms with Crippen molar-refractivity contribution in [2.75, 3.05) is 6.61 Å². The van der Waals surface area contributed by atoms with E-state index in [1.54, 1.807) is 6.08 Å². The van der Waals surface area contributed by atoms with Gasteiger partial charge in [-0.1, -0.05) is 30.3 Å². The zero-order valence-corrected chi connectivity index (χ0v) is 13.6. The van der Waals surface area contributed by atoms with Crippen molar-refractivity contribution in [2.24, 2.45) is 10.1 Å². The Kier molecular flexibility index (Phi) is 6.95. The van der Waals surface area contributed by atoms with Gasteiger partial charge in [-0.3, -0.25) is 10.1 Å². The summed E-state index contributed by atoms with van der Waals surface area (Å²) >= 11 is 0. The molecule has 0 bridgehead atoms. The summed E-state index contributed by atoms with van der Waals surface area (Å²) in [4.78, 5) is 15.8. The van der Waals surface area contributed by atoms with Gasteiger partial charge in [0.2, 0.25) is 5.96 Å². The van der Waals surface area contributed by atoms with Crippen LogP contribution in [0.3, 0.4) is 0 Å². The van der Waals surface area contributed by atoms with Gasteiger partial charge >= 0.3 is 0 Å². The predicted octanol–water partition coefficient (Wildman–Crippen LogP) is -2.48. The summed E-state index contributed by atoms with van der Waals surface area (Å²) in [5.41, 5.74) is 3.33. The molecule has 0 unspecified atom stereocenters. The summed E-state index contributed by atoms with van der Waals surface area (Å²) in [6.45, 7) is -0.778. The van der Waals surface area contributed by atoms with Crippen LogP contribution in [0, 0.1) is 0 Å². The molecule has 10 heteroatoms. The molecule has 0 fully saturated rings. The average Bonchev–Trinajstić information content (AvgIpc) is 2.99. The van der Waals surface area contributed by atoms with Crippen LogP contribution in [0.5, 0.6) is 0 Å². The number of aliphatic hydroxyl groups is 5. The third-order valence-corrected chi connectivity index (χ3v) is 3.48. The molecule has 2 rings (SSSR count). The standard InChI is InChI=1S/C16H20N4O6/c21-8-12(23)14(25)13(24)11(22)7-17-20-16-18-10(15(26)19-16)6-9-4-2-1-3-5-9/h1-7,11-14,21-25H,8H2,(H2,18,19,20,26)/b10-6-,17-7+/t11-,12+,13+,14+/m0/s1. The largest absolute Gasteiger partial charge is 0.394 e. The summed E-state index contributed by atoms with van der Waals surface area (Å²) in [7, 11) is 0. The smallest absolute Gasteiger partial charge is 0.276 e. The van der Waals surface area contributed by atoms with Crippen LogP contribution in [0.15, 0.2) is 46.1 Å². The van der Waals surface area contributed by atoms with Gasteiger partial charge in [0.1, 0.15) is 30.1 Å². The van der Waals surface area contributed by atoms with E-state index in [1.807, 2.05) is 30.3 Å². The van der Waals surface area contributed by atoms with E-state index >= 15 is 0 Å². The lowest BCUT2D eigenvalue weighted by molar-refractivity contribution is -0.115. The topological polar surface area (TPSA) is 167 Å². The van der Waals surface area contributed by atoms with Gasteiger partial charge in [-0.25, -0.2) is 10.4 Å². The van der Waals surface area contributed by atoms with Crippen LogP contribution < -0.4 is 10.7 Å². The van der Waals surface area contributed by atoms with Gasteiger partial charge in [0.05, 0.1) is 12.8 Å². The predicted molar refractivity (Wildman–Crippen MR) is 92.7 cm³/mol. The second-order valence-corrected chi connectivity index (χ2v) is 5.47. The molecule has 10 nitrogen and oxygen atoms in total. The molecule has 0 saturated carbocycles. The van der Waals surface area contributed by atoms with E-state index in [0.29, 0.717) is 0 Å². The van der Waals surface area contributed by atoms with Crippen molar-refractivity contribution in [3.8, 4) is 0 Å². The zero-order valence-electron chi connectivity index (χ0n) is 13.6. The van der Waals surface area contributed by atoms with E-state index in [9.17, 15) is 25.2 Å². The highest BCUT2D eigenvalue weighted by Crippen LogP contribution is 2.11. The monoisotopic (exact) mass is 364 g/mol. The van der Waals surface area contributed by atoms with Crippen LogP contribution in [0.25, 0.3) is 6.08 Å². The van der Waals surface area contributed by atoms with Crippen LogP contribution in [0.1, 0.15) is 5.56 Å². The lowest BCUT2D eigenvalue weighted by Gasteiger charge is -2.23. The number of amides is 1. The van der Waals surface area contributed by atoms with E-state index < -0.39 is 36.9 Å². The summed E-state index contributed by atoms with van der Waals surface area (Å²) in [6.07, 6.45) is -4.33. The maximum absolute atomic E-state index is 11.8. The first-order valence-corrected chi connectivity index (χ1v) is 7.71. The molecule has 1 heterocycles. The Morgan fingerprint density at radius 3 is 2.50 bits per heavy atom. The molecule has 4 atom stereocenters. The molecule has 0 aromatic heterocycles. The summed E-state index contributed by atoms with van der Waals surface area (Å²) in [6, 6.07) is 9.10. The van der Waals surface area contributed by atoms with Crippen molar-refractivity contribution < 1.29 is 30.3 Å². The third-order valence-electron chi connectivity index (χ3n) is 3.48. The average molecular weight is 364 g/mol. The number of nitrogens with zero attached hydrogens (tertiary/aromatic N) is 2. The maximum atomic E-state index is 11.8. The first kappa shape index (κ1) is 19.7. The number of hydrogen-bond acceptors (Lipinski definition) is 9. The Balaban J connectivity index is 1.95. The fourth-order valence-corrected chi connectivity index (χ4v) is 2.03. The zero-order chi connectivity index (χ0) is 19.1. The molecule has 1 amide bonds. The number of carbonyl (C=O) groups is 1. The van der Waals surface area contributed by atoms with E-state index in [0.717, 1.165) is 11.8 Å². The molecule has 0 spiro atoms. The first-order valence-electron chi connectivity index (χ1n) is 7.71. The fourth-order valence-electron chi connectivity index (χ4n) is 2.03. The number of hydrazone groups is 1. The number of aliphatic hydroxyl groups excluding tert-OH is 5. The van der Waals surface area contributed by atoms with Crippen molar-refractivity contribution in [1.82, 2.24) is 10.7 Å². The number of aliphatic imine (C=N–C) groups is 1. The number of hydrogen-bond donors (Lipinski definition) is 7. The number of rotatable bonds is 7. The Morgan fingerprint density at radius 1 is 1.15 bits per heavy atom. The Labute approximate surface area is 148 Å². The number of nitrogens with one attached hydrogen (secondary N) is 2. The Hall–Kier alpha value is -2.63. The second kappa shape index (κ2) is 9.17. The summed E-state index contributed by atoms with van der Waals surface area (Å²) in [5, 5.41) is 52.7. The van der Waals surface area contributed by atoms with E-state index in [1.165, 1.54) is 0 Å². The Bertz CT molecular complexity index is 706. The second-order valence-electron chi connectivity index (χ2n) is 5.47. The Morgan fingerprint density at radius 2 is 1.85 bits per heavy atom.